The molecule has 7 heteroatoms. The molecule has 0 amide bonds. The first-order valence-electron chi connectivity index (χ1n) is 9.61. The average molecular weight is 396 g/mol. The van der Waals surface area contributed by atoms with E-state index in [0.29, 0.717) is 23.3 Å². The van der Waals surface area contributed by atoms with Crippen molar-refractivity contribution in [2.45, 2.75) is 31.9 Å². The van der Waals surface area contributed by atoms with Gasteiger partial charge in [0.15, 0.2) is 17.5 Å². The summed E-state index contributed by atoms with van der Waals surface area (Å²) in [5.41, 5.74) is 1.07. The van der Waals surface area contributed by atoms with Crippen LogP contribution in [0.1, 0.15) is 25.8 Å². The Bertz CT molecular complexity index is 625. The van der Waals surface area contributed by atoms with Crippen molar-refractivity contribution in [3.63, 3.8) is 0 Å². The van der Waals surface area contributed by atoms with Gasteiger partial charge in [-0.05, 0) is 25.8 Å². The molecular weight excluding hydrogens is 362 g/mol. The van der Waals surface area contributed by atoms with Gasteiger partial charge in [0, 0.05) is 42.7 Å². The van der Waals surface area contributed by atoms with E-state index >= 15 is 0 Å². The van der Waals surface area contributed by atoms with Crippen molar-refractivity contribution in [1.82, 2.24) is 10.2 Å². The average Bonchev–Trinajstić information content (AvgIpc) is 2.72. The molecule has 1 aromatic carbocycles. The van der Waals surface area contributed by atoms with Crippen LogP contribution < -0.4 is 19.5 Å². The van der Waals surface area contributed by atoms with E-state index in [1.165, 1.54) is 6.42 Å². The highest BCUT2D eigenvalue weighted by molar-refractivity contribution is 8.00. The van der Waals surface area contributed by atoms with E-state index in [2.05, 4.69) is 35.8 Å². The number of aliphatic imine (C=N–C) groups is 1. The van der Waals surface area contributed by atoms with E-state index in [0.717, 1.165) is 49.1 Å². The number of methoxy groups -OCH3 is 3. The van der Waals surface area contributed by atoms with Crippen LogP contribution in [-0.2, 0) is 6.42 Å². The second kappa shape index (κ2) is 11.2. The van der Waals surface area contributed by atoms with Crippen LogP contribution >= 0.6 is 11.8 Å². The zero-order chi connectivity index (χ0) is 19.6. The third kappa shape index (κ3) is 5.61. The van der Waals surface area contributed by atoms with Gasteiger partial charge in [0.2, 0.25) is 5.75 Å². The lowest BCUT2D eigenvalue weighted by Crippen LogP contribution is -2.48. The molecule has 0 aliphatic carbocycles. The number of guanidine groups is 1. The van der Waals surface area contributed by atoms with Crippen LogP contribution in [-0.4, -0.2) is 69.4 Å². The van der Waals surface area contributed by atoms with E-state index in [-0.39, 0.29) is 0 Å². The van der Waals surface area contributed by atoms with Gasteiger partial charge >= 0.3 is 0 Å². The third-order valence-corrected chi connectivity index (χ3v) is 6.03. The summed E-state index contributed by atoms with van der Waals surface area (Å²) in [5, 5.41) is 4.13. The lowest BCUT2D eigenvalue weighted by molar-refractivity contribution is 0.322. The van der Waals surface area contributed by atoms with Crippen LogP contribution in [0.2, 0.25) is 0 Å². The molecule has 152 valence electrons. The van der Waals surface area contributed by atoms with E-state index in [4.69, 9.17) is 19.2 Å². The summed E-state index contributed by atoms with van der Waals surface area (Å²) in [6, 6.07) is 3.94. The van der Waals surface area contributed by atoms with Crippen molar-refractivity contribution >= 4 is 17.7 Å². The van der Waals surface area contributed by atoms with Crippen LogP contribution in [0, 0.1) is 0 Å². The summed E-state index contributed by atoms with van der Waals surface area (Å²) < 4.78 is 16.4. The zero-order valence-electron chi connectivity index (χ0n) is 17.2. The fourth-order valence-corrected chi connectivity index (χ4v) is 4.41. The maximum atomic E-state index is 5.58. The monoisotopic (exact) mass is 395 g/mol. The SMILES string of the molecule is CCNC(=NCCc1ccc(OC)c(OC)c1OC)N1CCSC(CC)C1. The Morgan fingerprint density at radius 3 is 2.59 bits per heavy atom. The van der Waals surface area contributed by atoms with Gasteiger partial charge in [-0.15, -0.1) is 0 Å². The molecule has 0 saturated carbocycles. The minimum Gasteiger partial charge on any atom is -0.493 e. The molecule has 27 heavy (non-hydrogen) atoms. The van der Waals surface area contributed by atoms with Gasteiger partial charge < -0.3 is 24.4 Å². The van der Waals surface area contributed by atoms with E-state index < -0.39 is 0 Å². The van der Waals surface area contributed by atoms with E-state index in [1.807, 2.05) is 12.1 Å². The van der Waals surface area contributed by atoms with Crippen molar-refractivity contribution in [1.29, 1.82) is 0 Å². The standard InChI is InChI=1S/C20H33N3O3S/c1-6-16-14-23(12-13-27-16)20(21-7-2)22-11-10-15-8-9-17(24-3)19(26-5)18(15)25-4/h8-9,16H,6-7,10-14H2,1-5H3,(H,21,22). The van der Waals surface area contributed by atoms with Gasteiger partial charge in [0.05, 0.1) is 21.3 Å². The highest BCUT2D eigenvalue weighted by atomic mass is 32.2. The highest BCUT2D eigenvalue weighted by Gasteiger charge is 2.21. The number of ether oxygens (including phenoxy) is 3. The molecule has 0 aromatic heterocycles. The van der Waals surface area contributed by atoms with Crippen LogP contribution in [0.4, 0.5) is 0 Å². The van der Waals surface area contributed by atoms with Crippen LogP contribution in [0.3, 0.4) is 0 Å². The lowest BCUT2D eigenvalue weighted by Gasteiger charge is -2.34. The summed E-state index contributed by atoms with van der Waals surface area (Å²) in [5.74, 6) is 4.19. The summed E-state index contributed by atoms with van der Waals surface area (Å²) >= 11 is 2.07. The Morgan fingerprint density at radius 2 is 1.96 bits per heavy atom. The number of hydrogen-bond acceptors (Lipinski definition) is 5. The van der Waals surface area contributed by atoms with Crippen molar-refractivity contribution in [2.75, 3.05) is 53.3 Å². The van der Waals surface area contributed by atoms with Crippen molar-refractivity contribution in [3.05, 3.63) is 17.7 Å². The third-order valence-electron chi connectivity index (χ3n) is 4.66. The molecule has 1 N–H and O–H groups in total. The van der Waals surface area contributed by atoms with Gasteiger partial charge in [0.25, 0.3) is 0 Å². The molecule has 1 fully saturated rings. The molecule has 1 aliphatic heterocycles. The largest absolute Gasteiger partial charge is 0.493 e. The number of rotatable bonds is 8. The van der Waals surface area contributed by atoms with Crippen molar-refractivity contribution in [3.8, 4) is 17.2 Å². The van der Waals surface area contributed by atoms with Gasteiger partial charge in [-0.1, -0.05) is 13.0 Å². The van der Waals surface area contributed by atoms with Gasteiger partial charge in [-0.2, -0.15) is 11.8 Å². The molecule has 6 nitrogen and oxygen atoms in total. The van der Waals surface area contributed by atoms with E-state index in [1.54, 1.807) is 21.3 Å². The molecule has 2 rings (SSSR count). The lowest BCUT2D eigenvalue weighted by atomic mass is 10.1. The quantitative estimate of drug-likeness (QED) is 0.539. The fourth-order valence-electron chi connectivity index (χ4n) is 3.23. The number of benzene rings is 1. The second-order valence-electron chi connectivity index (χ2n) is 6.33. The predicted molar refractivity (Wildman–Crippen MR) is 114 cm³/mol. The summed E-state index contributed by atoms with van der Waals surface area (Å²) in [6.45, 7) is 8.05. The molecule has 1 saturated heterocycles. The first-order valence-corrected chi connectivity index (χ1v) is 10.7. The molecule has 1 aromatic rings. The smallest absolute Gasteiger partial charge is 0.203 e. The number of nitrogens with one attached hydrogen (secondary N) is 1. The predicted octanol–water partition coefficient (Wildman–Crippen LogP) is 3.05. The topological polar surface area (TPSA) is 55.3 Å². The number of hydrogen-bond donors (Lipinski definition) is 1. The Balaban J connectivity index is 2.11. The van der Waals surface area contributed by atoms with Gasteiger partial charge in [-0.25, -0.2) is 0 Å². The Morgan fingerprint density at radius 1 is 1.19 bits per heavy atom. The Hall–Kier alpha value is -1.76. The normalized spacial score (nSPS) is 17.6. The summed E-state index contributed by atoms with van der Waals surface area (Å²) in [4.78, 5) is 7.26. The first-order chi connectivity index (χ1) is 13.2. The number of thioether (sulfide) groups is 1. The first kappa shape index (κ1) is 21.5. The molecule has 1 heterocycles. The molecule has 1 unspecified atom stereocenters. The summed E-state index contributed by atoms with van der Waals surface area (Å²) in [6.07, 6.45) is 1.97. The van der Waals surface area contributed by atoms with Crippen LogP contribution in [0.15, 0.2) is 17.1 Å². The van der Waals surface area contributed by atoms with Gasteiger partial charge in [-0.3, -0.25) is 4.99 Å². The minimum absolute atomic E-state index is 0.632. The molecule has 0 spiro atoms. The van der Waals surface area contributed by atoms with E-state index in [9.17, 15) is 0 Å². The zero-order valence-corrected chi connectivity index (χ0v) is 18.0. The highest BCUT2D eigenvalue weighted by Crippen LogP contribution is 2.39. The van der Waals surface area contributed by atoms with Crippen molar-refractivity contribution in [2.24, 2.45) is 4.99 Å². The Labute approximate surface area is 167 Å². The molecule has 0 radical (unpaired) electrons. The fraction of sp³-hybridized carbons (Fsp3) is 0.650. The molecule has 1 aliphatic rings. The Kier molecular flexibility index (Phi) is 8.91. The van der Waals surface area contributed by atoms with Crippen LogP contribution in [0.5, 0.6) is 17.2 Å². The maximum Gasteiger partial charge on any atom is 0.203 e. The van der Waals surface area contributed by atoms with Gasteiger partial charge in [0.1, 0.15) is 0 Å². The molecule has 1 atom stereocenters. The minimum atomic E-state index is 0.632. The summed E-state index contributed by atoms with van der Waals surface area (Å²) in [7, 11) is 4.92. The molecule has 0 bridgehead atoms. The van der Waals surface area contributed by atoms with Crippen molar-refractivity contribution < 1.29 is 14.2 Å². The second-order valence-corrected chi connectivity index (χ2v) is 7.73. The van der Waals surface area contributed by atoms with Crippen LogP contribution in [0.25, 0.3) is 0 Å². The maximum absolute atomic E-state index is 5.58. The molecular formula is C20H33N3O3S. The number of nitrogens with zero attached hydrogens (tertiary/aromatic N) is 2.